The molecule has 2 atom stereocenters. The standard InChI is InChI=1S/C17H7BrF9IN/c18-10-5-11(28)7-13(6-10,12-4-2-1-3-9(12)8-29)14(19,16(22,23)24)15(20,21)17(25,26)27/h1-7H. The van der Waals surface area contributed by atoms with Crippen molar-refractivity contribution >= 4 is 38.5 Å². The van der Waals surface area contributed by atoms with E-state index in [-0.39, 0.29) is 14.1 Å². The lowest BCUT2D eigenvalue weighted by Crippen LogP contribution is -2.71. The Hall–Kier alpha value is -1.23. The molecule has 0 N–H and O–H groups in total. The Kier molecular flexibility index (Phi) is 6.20. The molecule has 0 spiro atoms. The van der Waals surface area contributed by atoms with Crippen LogP contribution in [0, 0.1) is 17.8 Å². The number of alkyl halides is 9. The van der Waals surface area contributed by atoms with Gasteiger partial charge in [0.15, 0.2) is 0 Å². The molecule has 2 rings (SSSR count). The van der Waals surface area contributed by atoms with Crippen molar-refractivity contribution in [2.75, 3.05) is 0 Å². The van der Waals surface area contributed by atoms with Crippen molar-refractivity contribution in [2.24, 2.45) is 0 Å². The SMILES string of the molecule is N#Cc1ccccc1C1(C(F)(C(F)(F)F)C(F)(F)C(F)(F)F)C=C(Br)[CH]C(I)=C1. The van der Waals surface area contributed by atoms with Crippen molar-refractivity contribution in [1.82, 2.24) is 0 Å². The van der Waals surface area contributed by atoms with Crippen molar-refractivity contribution in [1.29, 1.82) is 5.26 Å². The van der Waals surface area contributed by atoms with Gasteiger partial charge in [0.2, 0.25) is 0 Å². The van der Waals surface area contributed by atoms with Gasteiger partial charge >= 0.3 is 18.3 Å². The van der Waals surface area contributed by atoms with Gasteiger partial charge in [0, 0.05) is 10.9 Å². The van der Waals surface area contributed by atoms with E-state index in [9.17, 15) is 40.4 Å². The van der Waals surface area contributed by atoms with E-state index < -0.39 is 40.5 Å². The predicted octanol–water partition coefficient (Wildman–Crippen LogP) is 7.08. The van der Waals surface area contributed by atoms with Crippen LogP contribution in [0.15, 0.2) is 44.5 Å². The first-order valence-electron chi connectivity index (χ1n) is 7.36. The summed E-state index contributed by atoms with van der Waals surface area (Å²) < 4.78 is 124. The lowest BCUT2D eigenvalue weighted by molar-refractivity contribution is -0.392. The summed E-state index contributed by atoms with van der Waals surface area (Å²) in [6.07, 6.45) is -11.9. The first-order valence-corrected chi connectivity index (χ1v) is 9.23. The second-order valence-corrected chi connectivity index (χ2v) is 8.12. The predicted molar refractivity (Wildman–Crippen MR) is 97.1 cm³/mol. The molecule has 0 fully saturated rings. The number of hydrogen-bond donors (Lipinski definition) is 0. The molecule has 12 heteroatoms. The van der Waals surface area contributed by atoms with Crippen LogP contribution < -0.4 is 0 Å². The Bertz CT molecular complexity index is 893. The normalized spacial score (nSPS) is 23.0. The summed E-state index contributed by atoms with van der Waals surface area (Å²) in [7, 11) is 0. The molecule has 0 heterocycles. The van der Waals surface area contributed by atoms with E-state index >= 15 is 4.39 Å². The maximum atomic E-state index is 15.6. The van der Waals surface area contributed by atoms with Gasteiger partial charge in [-0.2, -0.15) is 40.4 Å². The fraction of sp³-hybridized carbons (Fsp3) is 0.294. The Morgan fingerprint density at radius 2 is 1.45 bits per heavy atom. The Labute approximate surface area is 180 Å². The fourth-order valence-electron chi connectivity index (χ4n) is 3.04. The first-order chi connectivity index (χ1) is 13.0. The molecule has 1 aromatic carbocycles. The molecule has 1 aromatic rings. The Balaban J connectivity index is 3.13. The number of hydrogen-bond acceptors (Lipinski definition) is 1. The third-order valence-corrected chi connectivity index (χ3v) is 5.33. The monoisotopic (exact) mass is 602 g/mol. The first kappa shape index (κ1) is 24.0. The van der Waals surface area contributed by atoms with E-state index in [4.69, 9.17) is 0 Å². The Morgan fingerprint density at radius 1 is 0.897 bits per heavy atom. The van der Waals surface area contributed by atoms with E-state index in [0.717, 1.165) is 24.6 Å². The van der Waals surface area contributed by atoms with Crippen molar-refractivity contribution < 1.29 is 39.5 Å². The molecular formula is C17H7BrF9IN. The Morgan fingerprint density at radius 3 is 1.90 bits per heavy atom. The maximum absolute atomic E-state index is 15.6. The zero-order valence-corrected chi connectivity index (χ0v) is 17.4. The van der Waals surface area contributed by atoms with E-state index in [1.54, 1.807) is 0 Å². The highest BCUT2D eigenvalue weighted by molar-refractivity contribution is 14.1. The molecule has 1 aliphatic rings. The van der Waals surface area contributed by atoms with Gasteiger partial charge in [-0.05, 0) is 37.8 Å². The minimum absolute atomic E-state index is 0.256. The molecule has 157 valence electrons. The van der Waals surface area contributed by atoms with Gasteiger partial charge in [-0.3, -0.25) is 0 Å². The number of rotatable bonds is 3. The second-order valence-electron chi connectivity index (χ2n) is 5.96. The van der Waals surface area contributed by atoms with E-state index in [2.05, 4.69) is 15.9 Å². The van der Waals surface area contributed by atoms with Crippen molar-refractivity contribution in [3.8, 4) is 6.07 Å². The van der Waals surface area contributed by atoms with Crippen LogP contribution in [0.1, 0.15) is 11.1 Å². The van der Waals surface area contributed by atoms with Crippen LogP contribution in [-0.4, -0.2) is 23.9 Å². The number of benzene rings is 1. The molecule has 0 saturated carbocycles. The second kappa shape index (κ2) is 7.47. The average Bonchev–Trinajstić information content (AvgIpc) is 2.57. The lowest BCUT2D eigenvalue weighted by atomic mass is 9.62. The molecule has 0 aromatic heterocycles. The highest BCUT2D eigenvalue weighted by Crippen LogP contribution is 2.63. The number of nitriles is 1. The highest BCUT2D eigenvalue weighted by Gasteiger charge is 2.87. The van der Waals surface area contributed by atoms with Crippen LogP contribution in [-0.2, 0) is 5.41 Å². The van der Waals surface area contributed by atoms with Crippen molar-refractivity contribution in [2.45, 2.75) is 29.4 Å². The van der Waals surface area contributed by atoms with Crippen LogP contribution in [0.5, 0.6) is 0 Å². The van der Waals surface area contributed by atoms with Gasteiger partial charge in [-0.1, -0.05) is 46.3 Å². The van der Waals surface area contributed by atoms with Crippen molar-refractivity contribution in [3.05, 3.63) is 62.0 Å². The molecule has 0 aliphatic heterocycles. The molecule has 1 radical (unpaired) electrons. The average molecular weight is 603 g/mol. The van der Waals surface area contributed by atoms with Gasteiger partial charge in [0.1, 0.15) is 0 Å². The summed E-state index contributed by atoms with van der Waals surface area (Å²) in [5.41, 5.74) is -11.6. The fourth-order valence-corrected chi connectivity index (χ4v) is 4.90. The third-order valence-electron chi connectivity index (χ3n) is 4.25. The number of nitrogens with zero attached hydrogens (tertiary/aromatic N) is 1. The number of halogens is 11. The van der Waals surface area contributed by atoms with Crippen LogP contribution in [0.25, 0.3) is 0 Å². The van der Waals surface area contributed by atoms with E-state index in [1.807, 2.05) is 0 Å². The van der Waals surface area contributed by atoms with Crippen LogP contribution >= 0.6 is 38.5 Å². The van der Waals surface area contributed by atoms with Crippen LogP contribution in [0.4, 0.5) is 39.5 Å². The summed E-state index contributed by atoms with van der Waals surface area (Å²) in [5.74, 6) is -6.87. The largest absolute Gasteiger partial charge is 0.457 e. The molecule has 0 saturated heterocycles. The maximum Gasteiger partial charge on any atom is 0.457 e. The van der Waals surface area contributed by atoms with Crippen LogP contribution in [0.3, 0.4) is 0 Å². The highest BCUT2D eigenvalue weighted by atomic mass is 127. The number of allylic oxidation sites excluding steroid dienone is 4. The summed E-state index contributed by atoms with van der Waals surface area (Å²) in [6.45, 7) is 0. The molecule has 1 nitrogen and oxygen atoms in total. The molecule has 0 bridgehead atoms. The molecular weight excluding hydrogens is 596 g/mol. The topological polar surface area (TPSA) is 23.8 Å². The molecule has 0 amide bonds. The zero-order valence-electron chi connectivity index (χ0n) is 13.6. The lowest BCUT2D eigenvalue weighted by Gasteiger charge is -2.48. The summed E-state index contributed by atoms with van der Waals surface area (Å²) in [6, 6.07) is 5.15. The van der Waals surface area contributed by atoms with Gasteiger partial charge in [0.25, 0.3) is 5.67 Å². The van der Waals surface area contributed by atoms with Crippen molar-refractivity contribution in [3.63, 3.8) is 0 Å². The third kappa shape index (κ3) is 3.58. The van der Waals surface area contributed by atoms with Gasteiger partial charge < -0.3 is 0 Å². The van der Waals surface area contributed by atoms with Gasteiger partial charge in [-0.25, -0.2) is 4.39 Å². The van der Waals surface area contributed by atoms with Crippen LogP contribution in [0.2, 0.25) is 0 Å². The quantitative estimate of drug-likeness (QED) is 0.268. The minimum Gasteiger partial charge on any atom is -0.225 e. The molecule has 1 aliphatic carbocycles. The molecule has 29 heavy (non-hydrogen) atoms. The summed E-state index contributed by atoms with van der Waals surface area (Å²) in [4.78, 5) is 0. The minimum atomic E-state index is -6.88. The summed E-state index contributed by atoms with van der Waals surface area (Å²) in [5, 5.41) is 9.20. The van der Waals surface area contributed by atoms with Gasteiger partial charge in [-0.15, -0.1) is 0 Å². The van der Waals surface area contributed by atoms with E-state index in [1.165, 1.54) is 28.7 Å². The molecule has 2 unspecified atom stereocenters. The van der Waals surface area contributed by atoms with E-state index in [0.29, 0.717) is 12.1 Å². The smallest absolute Gasteiger partial charge is 0.225 e. The zero-order chi connectivity index (χ0) is 22.5. The summed E-state index contributed by atoms with van der Waals surface area (Å²) >= 11 is 4.10. The van der Waals surface area contributed by atoms with Gasteiger partial charge in [0.05, 0.1) is 17.0 Å².